The number of pyridine rings is 1. The minimum absolute atomic E-state index is 0.212. The number of ether oxygens (including phenoxy) is 3. The Balaban J connectivity index is 1.63. The molecule has 0 aliphatic carbocycles. The monoisotopic (exact) mass is 462 g/mol. The molecule has 0 unspecified atom stereocenters. The normalized spacial score (nSPS) is 10.7. The van der Waals surface area contributed by atoms with E-state index in [1.165, 1.54) is 34.9 Å². The van der Waals surface area contributed by atoms with Crippen LogP contribution in [0.15, 0.2) is 54.7 Å². The third-order valence-electron chi connectivity index (χ3n) is 5.57. The van der Waals surface area contributed by atoms with E-state index < -0.39 is 0 Å². The summed E-state index contributed by atoms with van der Waals surface area (Å²) in [4.78, 5) is 15.8. The maximum absolute atomic E-state index is 11.3. The van der Waals surface area contributed by atoms with E-state index in [0.29, 0.717) is 39.2 Å². The van der Waals surface area contributed by atoms with Crippen molar-refractivity contribution in [2.75, 3.05) is 32.2 Å². The molecule has 180 valence electrons. The van der Waals surface area contributed by atoms with E-state index in [0.717, 1.165) is 17.1 Å². The Hall–Kier alpha value is -3.38. The molecule has 1 heterocycles. The molecule has 1 N–H and O–H groups in total. The van der Waals surface area contributed by atoms with Crippen molar-refractivity contribution in [3.05, 3.63) is 77.0 Å². The van der Waals surface area contributed by atoms with E-state index in [1.807, 2.05) is 19.1 Å². The van der Waals surface area contributed by atoms with E-state index in [9.17, 15) is 4.79 Å². The molecule has 0 saturated heterocycles. The molecule has 0 aliphatic heterocycles. The Kier molecular flexibility index (Phi) is 9.47. The number of carbonyl (C=O) groups is 1. The number of esters is 1. The lowest BCUT2D eigenvalue weighted by Crippen LogP contribution is -2.06. The first-order valence-electron chi connectivity index (χ1n) is 11.7. The number of aromatic nitrogens is 1. The highest BCUT2D eigenvalue weighted by molar-refractivity contribution is 5.72. The molecule has 6 nitrogen and oxygen atoms in total. The Bertz CT molecular complexity index is 1060. The van der Waals surface area contributed by atoms with Crippen LogP contribution >= 0.6 is 0 Å². The second-order valence-electron chi connectivity index (χ2n) is 8.16. The molecule has 3 aromatic rings. The predicted octanol–water partition coefficient (Wildman–Crippen LogP) is 5.50. The SMILES string of the molecule is CCOCCOc1cc(C)c(-c2cccc(CNc3ccc(CCC(=O)OC)cn3)c2)c(C)c1. The summed E-state index contributed by atoms with van der Waals surface area (Å²) in [6.07, 6.45) is 2.78. The lowest BCUT2D eigenvalue weighted by atomic mass is 9.94. The van der Waals surface area contributed by atoms with Gasteiger partial charge in [-0.3, -0.25) is 4.79 Å². The Morgan fingerprint density at radius 3 is 2.47 bits per heavy atom. The van der Waals surface area contributed by atoms with Crippen LogP contribution in [-0.2, 0) is 27.2 Å². The molecule has 0 aliphatic rings. The molecular formula is C28H34N2O4. The number of carbonyl (C=O) groups excluding carboxylic acids is 1. The van der Waals surface area contributed by atoms with Crippen LogP contribution in [0.3, 0.4) is 0 Å². The highest BCUT2D eigenvalue weighted by Crippen LogP contribution is 2.31. The summed E-state index contributed by atoms with van der Waals surface area (Å²) < 4.78 is 15.9. The lowest BCUT2D eigenvalue weighted by Gasteiger charge is -2.15. The van der Waals surface area contributed by atoms with Gasteiger partial charge in [0.15, 0.2) is 0 Å². The van der Waals surface area contributed by atoms with Gasteiger partial charge in [0.2, 0.25) is 0 Å². The largest absolute Gasteiger partial charge is 0.491 e. The Labute approximate surface area is 202 Å². The lowest BCUT2D eigenvalue weighted by molar-refractivity contribution is -0.140. The van der Waals surface area contributed by atoms with Gasteiger partial charge in [-0.05, 0) is 84.8 Å². The number of nitrogens with zero attached hydrogens (tertiary/aromatic N) is 1. The molecule has 0 saturated carbocycles. The minimum atomic E-state index is -0.212. The van der Waals surface area contributed by atoms with Gasteiger partial charge < -0.3 is 19.5 Å². The second-order valence-corrected chi connectivity index (χ2v) is 8.16. The molecule has 0 atom stereocenters. The summed E-state index contributed by atoms with van der Waals surface area (Å²) in [5, 5.41) is 3.38. The molecule has 0 radical (unpaired) electrons. The average Bonchev–Trinajstić information content (AvgIpc) is 2.84. The van der Waals surface area contributed by atoms with Crippen LogP contribution in [0.2, 0.25) is 0 Å². The third-order valence-corrected chi connectivity index (χ3v) is 5.57. The Morgan fingerprint density at radius 2 is 1.79 bits per heavy atom. The minimum Gasteiger partial charge on any atom is -0.491 e. The molecule has 2 aromatic carbocycles. The van der Waals surface area contributed by atoms with Crippen molar-refractivity contribution in [3.8, 4) is 16.9 Å². The highest BCUT2D eigenvalue weighted by Gasteiger charge is 2.10. The van der Waals surface area contributed by atoms with Gasteiger partial charge in [0.25, 0.3) is 0 Å². The van der Waals surface area contributed by atoms with Crippen molar-refractivity contribution in [1.82, 2.24) is 4.98 Å². The topological polar surface area (TPSA) is 69.7 Å². The summed E-state index contributed by atoms with van der Waals surface area (Å²) in [7, 11) is 1.40. The fourth-order valence-electron chi connectivity index (χ4n) is 3.88. The number of hydrogen-bond donors (Lipinski definition) is 1. The number of hydrogen-bond acceptors (Lipinski definition) is 6. The molecule has 0 fully saturated rings. The van der Waals surface area contributed by atoms with Crippen LogP contribution in [-0.4, -0.2) is 37.9 Å². The van der Waals surface area contributed by atoms with Gasteiger partial charge in [0.1, 0.15) is 18.2 Å². The zero-order valence-corrected chi connectivity index (χ0v) is 20.5. The number of rotatable bonds is 12. The van der Waals surface area contributed by atoms with Gasteiger partial charge in [-0.15, -0.1) is 0 Å². The number of anilines is 1. The zero-order valence-electron chi connectivity index (χ0n) is 20.5. The first-order chi connectivity index (χ1) is 16.5. The van der Waals surface area contributed by atoms with Crippen molar-refractivity contribution in [3.63, 3.8) is 0 Å². The van der Waals surface area contributed by atoms with Crippen LogP contribution in [0.5, 0.6) is 5.75 Å². The predicted molar refractivity (Wildman–Crippen MR) is 135 cm³/mol. The van der Waals surface area contributed by atoms with Gasteiger partial charge in [0, 0.05) is 25.8 Å². The second kappa shape index (κ2) is 12.8. The van der Waals surface area contributed by atoms with Gasteiger partial charge in [-0.1, -0.05) is 24.3 Å². The van der Waals surface area contributed by atoms with E-state index in [1.54, 1.807) is 6.20 Å². The van der Waals surface area contributed by atoms with Crippen LogP contribution in [0.4, 0.5) is 5.82 Å². The molecule has 3 rings (SSSR count). The molecule has 0 amide bonds. The van der Waals surface area contributed by atoms with Gasteiger partial charge in [0.05, 0.1) is 13.7 Å². The molecule has 0 spiro atoms. The fourth-order valence-corrected chi connectivity index (χ4v) is 3.88. The standard InChI is InChI=1S/C28H34N2O4/c1-5-33-13-14-34-25-15-20(2)28(21(3)16-25)24-8-6-7-23(17-24)19-30-26-11-9-22(18-29-26)10-12-27(31)32-4/h6-9,11,15-18H,5,10,12-14,19H2,1-4H3,(H,29,30). The first kappa shape index (κ1) is 25.2. The number of aryl methyl sites for hydroxylation is 3. The van der Waals surface area contributed by atoms with Gasteiger partial charge in [-0.25, -0.2) is 4.98 Å². The summed E-state index contributed by atoms with van der Waals surface area (Å²) in [5.74, 6) is 1.46. The molecule has 1 aromatic heterocycles. The van der Waals surface area contributed by atoms with E-state index in [-0.39, 0.29) is 5.97 Å². The summed E-state index contributed by atoms with van der Waals surface area (Å²) >= 11 is 0. The molecule has 0 bridgehead atoms. The third kappa shape index (κ3) is 7.32. The van der Waals surface area contributed by atoms with E-state index >= 15 is 0 Å². The summed E-state index contributed by atoms with van der Waals surface area (Å²) in [6, 6.07) is 16.6. The first-order valence-corrected chi connectivity index (χ1v) is 11.7. The zero-order chi connectivity index (χ0) is 24.3. The van der Waals surface area contributed by atoms with Crippen LogP contribution in [0.1, 0.15) is 35.6 Å². The molecule has 6 heteroatoms. The van der Waals surface area contributed by atoms with Crippen LogP contribution in [0.25, 0.3) is 11.1 Å². The van der Waals surface area contributed by atoms with Crippen LogP contribution < -0.4 is 10.1 Å². The number of nitrogens with one attached hydrogen (secondary N) is 1. The van der Waals surface area contributed by atoms with Crippen molar-refractivity contribution >= 4 is 11.8 Å². The molecule has 34 heavy (non-hydrogen) atoms. The quantitative estimate of drug-likeness (QED) is 0.283. The van der Waals surface area contributed by atoms with Crippen LogP contribution in [0, 0.1) is 13.8 Å². The fraction of sp³-hybridized carbons (Fsp3) is 0.357. The van der Waals surface area contributed by atoms with E-state index in [4.69, 9.17) is 9.47 Å². The Morgan fingerprint density at radius 1 is 1.00 bits per heavy atom. The van der Waals surface area contributed by atoms with Crippen molar-refractivity contribution in [2.24, 2.45) is 0 Å². The van der Waals surface area contributed by atoms with Crippen molar-refractivity contribution < 1.29 is 19.0 Å². The number of methoxy groups -OCH3 is 1. The van der Waals surface area contributed by atoms with Crippen molar-refractivity contribution in [1.29, 1.82) is 0 Å². The van der Waals surface area contributed by atoms with Crippen molar-refractivity contribution in [2.45, 2.75) is 40.2 Å². The van der Waals surface area contributed by atoms with E-state index in [2.05, 4.69) is 65.3 Å². The van der Waals surface area contributed by atoms with Gasteiger partial charge in [-0.2, -0.15) is 0 Å². The molecular weight excluding hydrogens is 428 g/mol. The summed E-state index contributed by atoms with van der Waals surface area (Å²) in [6.45, 7) is 8.73. The van der Waals surface area contributed by atoms with Gasteiger partial charge >= 0.3 is 5.97 Å². The summed E-state index contributed by atoms with van der Waals surface area (Å²) in [5.41, 5.74) is 6.95. The number of benzene rings is 2. The average molecular weight is 463 g/mol. The smallest absolute Gasteiger partial charge is 0.305 e. The maximum atomic E-state index is 11.3. The maximum Gasteiger partial charge on any atom is 0.305 e. The highest BCUT2D eigenvalue weighted by atomic mass is 16.5.